The average molecular weight is 320 g/mol. The molecule has 1 aliphatic rings. The van der Waals surface area contributed by atoms with Gasteiger partial charge in [0.15, 0.2) is 0 Å². The van der Waals surface area contributed by atoms with Crippen LogP contribution in [0.1, 0.15) is 24.5 Å². The summed E-state index contributed by atoms with van der Waals surface area (Å²) in [6.45, 7) is 2.21. The highest BCUT2D eigenvalue weighted by atomic mass is 79.9. The lowest BCUT2D eigenvalue weighted by Crippen LogP contribution is -2.27. The highest BCUT2D eigenvalue weighted by Gasteiger charge is 2.22. The van der Waals surface area contributed by atoms with Crippen molar-refractivity contribution in [1.82, 2.24) is 14.9 Å². The summed E-state index contributed by atoms with van der Waals surface area (Å²) in [4.78, 5) is 4.62. The van der Waals surface area contributed by atoms with Crippen LogP contribution in [0.15, 0.2) is 35.1 Å². The summed E-state index contributed by atoms with van der Waals surface area (Å²) in [5.41, 5.74) is 3.73. The van der Waals surface area contributed by atoms with Gasteiger partial charge in [0, 0.05) is 28.7 Å². The smallest absolute Gasteiger partial charge is 0.0953 e. The second-order valence-corrected chi connectivity index (χ2v) is 6.04. The zero-order valence-electron chi connectivity index (χ0n) is 11.1. The highest BCUT2D eigenvalue weighted by molar-refractivity contribution is 9.10. The zero-order chi connectivity index (χ0) is 13.2. The van der Waals surface area contributed by atoms with E-state index in [2.05, 4.69) is 62.1 Å². The molecule has 1 aliphatic heterocycles. The van der Waals surface area contributed by atoms with Gasteiger partial charge in [0.2, 0.25) is 0 Å². The lowest BCUT2D eigenvalue weighted by Gasteiger charge is -2.24. The average Bonchev–Trinajstić information content (AvgIpc) is 2.82. The maximum Gasteiger partial charge on any atom is 0.0953 e. The first-order valence-electron chi connectivity index (χ1n) is 6.73. The molecule has 0 atom stereocenters. The van der Waals surface area contributed by atoms with Crippen LogP contribution in [-0.2, 0) is 7.05 Å². The first-order valence-corrected chi connectivity index (χ1v) is 7.53. The monoisotopic (exact) mass is 319 g/mol. The number of nitrogens with one attached hydrogen (secondary N) is 1. The van der Waals surface area contributed by atoms with Gasteiger partial charge < -0.3 is 9.88 Å². The Bertz CT molecular complexity index is 553. The van der Waals surface area contributed by atoms with Crippen LogP contribution in [0.25, 0.3) is 11.3 Å². The van der Waals surface area contributed by atoms with Gasteiger partial charge in [0.25, 0.3) is 0 Å². The number of hydrogen-bond donors (Lipinski definition) is 1. The minimum Gasteiger partial charge on any atom is -0.337 e. The quantitative estimate of drug-likeness (QED) is 0.920. The lowest BCUT2D eigenvalue weighted by molar-refractivity contribution is 0.446. The van der Waals surface area contributed by atoms with Crippen LogP contribution in [0.4, 0.5) is 0 Å². The molecule has 3 nitrogen and oxygen atoms in total. The summed E-state index contributed by atoms with van der Waals surface area (Å²) in [6.07, 6.45) is 4.33. The molecule has 0 unspecified atom stereocenters. The molecule has 2 aromatic rings. The molecule has 1 aromatic carbocycles. The third-order valence-electron chi connectivity index (χ3n) is 3.83. The van der Waals surface area contributed by atoms with Crippen molar-refractivity contribution < 1.29 is 0 Å². The van der Waals surface area contributed by atoms with Crippen LogP contribution < -0.4 is 5.32 Å². The van der Waals surface area contributed by atoms with E-state index in [1.165, 1.54) is 24.1 Å². The molecule has 0 aliphatic carbocycles. The van der Waals surface area contributed by atoms with Gasteiger partial charge in [-0.05, 0) is 38.1 Å². The number of aryl methyl sites for hydroxylation is 1. The summed E-state index contributed by atoms with van der Waals surface area (Å²) >= 11 is 3.48. The summed E-state index contributed by atoms with van der Waals surface area (Å²) < 4.78 is 3.29. The Hall–Kier alpha value is -1.13. The van der Waals surface area contributed by atoms with E-state index in [-0.39, 0.29) is 0 Å². The molecule has 0 spiro atoms. The standard InChI is InChI=1S/C15H18BrN3/c1-19-10-18-14(11-2-4-13(16)5-3-11)15(19)12-6-8-17-9-7-12/h2-5,10,12,17H,6-9H2,1H3. The van der Waals surface area contributed by atoms with Gasteiger partial charge in [-0.3, -0.25) is 0 Å². The fourth-order valence-electron chi connectivity index (χ4n) is 2.85. The van der Waals surface area contributed by atoms with Gasteiger partial charge in [0.05, 0.1) is 12.0 Å². The highest BCUT2D eigenvalue weighted by Crippen LogP contribution is 2.33. The summed E-state index contributed by atoms with van der Waals surface area (Å²) in [7, 11) is 2.10. The van der Waals surface area contributed by atoms with Gasteiger partial charge in [0.1, 0.15) is 0 Å². The van der Waals surface area contributed by atoms with Crippen molar-refractivity contribution in [2.24, 2.45) is 7.05 Å². The van der Waals surface area contributed by atoms with E-state index in [1.54, 1.807) is 0 Å². The number of imidazole rings is 1. The Morgan fingerprint density at radius 3 is 2.58 bits per heavy atom. The van der Waals surface area contributed by atoms with E-state index in [9.17, 15) is 0 Å². The topological polar surface area (TPSA) is 29.9 Å². The minimum absolute atomic E-state index is 0.618. The van der Waals surface area contributed by atoms with E-state index in [0.717, 1.165) is 23.3 Å². The van der Waals surface area contributed by atoms with Crippen molar-refractivity contribution in [1.29, 1.82) is 0 Å². The van der Waals surface area contributed by atoms with Crippen molar-refractivity contribution in [3.8, 4) is 11.3 Å². The van der Waals surface area contributed by atoms with E-state index in [4.69, 9.17) is 0 Å². The molecule has 2 heterocycles. The molecule has 1 aromatic heterocycles. The van der Waals surface area contributed by atoms with E-state index >= 15 is 0 Å². The molecule has 0 amide bonds. The number of halogens is 1. The van der Waals surface area contributed by atoms with Crippen LogP contribution in [0, 0.1) is 0 Å². The predicted molar refractivity (Wildman–Crippen MR) is 81.2 cm³/mol. The van der Waals surface area contributed by atoms with E-state index in [0.29, 0.717) is 5.92 Å². The molecule has 0 radical (unpaired) electrons. The van der Waals surface area contributed by atoms with Crippen LogP contribution in [0.5, 0.6) is 0 Å². The third kappa shape index (κ3) is 2.60. The normalized spacial score (nSPS) is 16.7. The molecular formula is C15H18BrN3. The molecule has 1 fully saturated rings. The fraction of sp³-hybridized carbons (Fsp3) is 0.400. The number of nitrogens with zero attached hydrogens (tertiary/aromatic N) is 2. The molecule has 3 rings (SSSR count). The molecule has 0 saturated carbocycles. The second kappa shape index (κ2) is 5.47. The van der Waals surface area contributed by atoms with Gasteiger partial charge in [-0.15, -0.1) is 0 Å². The minimum atomic E-state index is 0.618. The predicted octanol–water partition coefficient (Wildman–Crippen LogP) is 3.32. The Morgan fingerprint density at radius 2 is 1.89 bits per heavy atom. The summed E-state index contributed by atoms with van der Waals surface area (Å²) in [5.74, 6) is 0.618. The van der Waals surface area contributed by atoms with E-state index < -0.39 is 0 Å². The molecule has 19 heavy (non-hydrogen) atoms. The maximum atomic E-state index is 4.62. The summed E-state index contributed by atoms with van der Waals surface area (Å²) in [5, 5.41) is 3.43. The lowest BCUT2D eigenvalue weighted by atomic mass is 9.91. The van der Waals surface area contributed by atoms with Gasteiger partial charge in [-0.1, -0.05) is 28.1 Å². The zero-order valence-corrected chi connectivity index (χ0v) is 12.7. The van der Waals surface area contributed by atoms with Crippen LogP contribution in [0.3, 0.4) is 0 Å². The number of piperidine rings is 1. The van der Waals surface area contributed by atoms with Crippen molar-refractivity contribution >= 4 is 15.9 Å². The van der Waals surface area contributed by atoms with Crippen LogP contribution >= 0.6 is 15.9 Å². The first kappa shape index (κ1) is 12.9. The maximum absolute atomic E-state index is 4.62. The Labute approximate surface area is 122 Å². The molecule has 4 heteroatoms. The van der Waals surface area contributed by atoms with Crippen LogP contribution in [0.2, 0.25) is 0 Å². The molecule has 1 N–H and O–H groups in total. The first-order chi connectivity index (χ1) is 9.25. The number of aromatic nitrogens is 2. The van der Waals surface area contributed by atoms with Gasteiger partial charge in [-0.25, -0.2) is 4.98 Å². The van der Waals surface area contributed by atoms with Crippen LogP contribution in [-0.4, -0.2) is 22.6 Å². The Kier molecular flexibility index (Phi) is 3.71. The fourth-order valence-corrected chi connectivity index (χ4v) is 3.11. The molecular weight excluding hydrogens is 302 g/mol. The van der Waals surface area contributed by atoms with E-state index in [1.807, 2.05) is 6.33 Å². The second-order valence-electron chi connectivity index (χ2n) is 5.12. The number of hydrogen-bond acceptors (Lipinski definition) is 2. The summed E-state index contributed by atoms with van der Waals surface area (Å²) in [6, 6.07) is 8.43. The third-order valence-corrected chi connectivity index (χ3v) is 4.35. The van der Waals surface area contributed by atoms with Crippen molar-refractivity contribution in [2.75, 3.05) is 13.1 Å². The molecule has 0 bridgehead atoms. The number of rotatable bonds is 2. The van der Waals surface area contributed by atoms with Gasteiger partial charge in [-0.2, -0.15) is 0 Å². The van der Waals surface area contributed by atoms with Crippen molar-refractivity contribution in [2.45, 2.75) is 18.8 Å². The number of benzene rings is 1. The molecule has 100 valence electrons. The Balaban J connectivity index is 1.99. The SMILES string of the molecule is Cn1cnc(-c2ccc(Br)cc2)c1C1CCNCC1. The largest absolute Gasteiger partial charge is 0.337 e. The van der Waals surface area contributed by atoms with Crippen molar-refractivity contribution in [3.63, 3.8) is 0 Å². The van der Waals surface area contributed by atoms with Gasteiger partial charge >= 0.3 is 0 Å². The Morgan fingerprint density at radius 1 is 1.21 bits per heavy atom. The van der Waals surface area contributed by atoms with Crippen molar-refractivity contribution in [3.05, 3.63) is 40.8 Å². The molecule has 1 saturated heterocycles.